The lowest BCUT2D eigenvalue weighted by Gasteiger charge is -2.42. The van der Waals surface area contributed by atoms with E-state index >= 15 is 0 Å². The lowest BCUT2D eigenvalue weighted by Crippen LogP contribution is -2.58. The lowest BCUT2D eigenvalue weighted by molar-refractivity contribution is -0.139. The number of carbonyl (C=O) groups excluding carboxylic acids is 2. The summed E-state index contributed by atoms with van der Waals surface area (Å²) in [6.07, 6.45) is 14.5. The zero-order valence-electron chi connectivity index (χ0n) is 27.8. The van der Waals surface area contributed by atoms with Gasteiger partial charge in [0, 0.05) is 20.1 Å². The third-order valence-electron chi connectivity index (χ3n) is 8.70. The third kappa shape index (κ3) is 8.61. The fourth-order valence-corrected chi connectivity index (χ4v) is 8.12. The van der Waals surface area contributed by atoms with Crippen molar-refractivity contribution in [2.45, 2.75) is 96.9 Å². The molecule has 2 amide bonds. The Hall–Kier alpha value is -3.05. The Labute approximate surface area is 270 Å². The van der Waals surface area contributed by atoms with Gasteiger partial charge in [0.25, 0.3) is 0 Å². The Bertz CT molecular complexity index is 1400. The highest BCUT2D eigenvalue weighted by molar-refractivity contribution is 7.93. The molecule has 10 heteroatoms. The predicted octanol–water partition coefficient (Wildman–Crippen LogP) is 4.97. The van der Waals surface area contributed by atoms with Crippen molar-refractivity contribution in [2.24, 2.45) is 5.73 Å². The molecule has 1 saturated carbocycles. The van der Waals surface area contributed by atoms with Gasteiger partial charge >= 0.3 is 0 Å². The molecule has 0 unspecified atom stereocenters. The number of nitrogens with one attached hydrogen (secondary N) is 1. The van der Waals surface area contributed by atoms with E-state index in [1.807, 2.05) is 81.5 Å². The highest BCUT2D eigenvalue weighted by Gasteiger charge is 2.54. The number of ether oxygens (including phenoxy) is 1. The van der Waals surface area contributed by atoms with Gasteiger partial charge in [-0.1, -0.05) is 86.9 Å². The number of nitrogens with zero attached hydrogens (tertiary/aromatic N) is 2. The van der Waals surface area contributed by atoms with Crippen LogP contribution < -0.4 is 11.1 Å². The second kappa shape index (κ2) is 16.0. The quantitative estimate of drug-likeness (QED) is 0.277. The Kier molecular flexibility index (Phi) is 12.9. The van der Waals surface area contributed by atoms with Gasteiger partial charge < -0.3 is 20.7 Å². The van der Waals surface area contributed by atoms with Crippen molar-refractivity contribution in [3.8, 4) is 0 Å². The van der Waals surface area contributed by atoms with Crippen LogP contribution in [0.15, 0.2) is 76.8 Å². The minimum absolute atomic E-state index is 0.0616. The van der Waals surface area contributed by atoms with Crippen LogP contribution in [0, 0.1) is 0 Å². The van der Waals surface area contributed by atoms with E-state index in [-0.39, 0.29) is 30.6 Å². The Morgan fingerprint density at radius 2 is 1.80 bits per heavy atom. The highest BCUT2D eigenvalue weighted by Crippen LogP contribution is 2.50. The molecule has 45 heavy (non-hydrogen) atoms. The molecule has 1 fully saturated rings. The molecule has 1 heterocycles. The fraction of sp³-hybridized carbons (Fsp3) is 0.543. The molecule has 3 rings (SSSR count). The maximum Gasteiger partial charge on any atom is 0.247 e. The van der Waals surface area contributed by atoms with Crippen LogP contribution in [0.1, 0.15) is 78.7 Å². The number of amides is 2. The molecule has 0 aromatic heterocycles. The first-order valence-electron chi connectivity index (χ1n) is 16.1. The van der Waals surface area contributed by atoms with Gasteiger partial charge in [0.05, 0.1) is 29.2 Å². The summed E-state index contributed by atoms with van der Waals surface area (Å²) in [4.78, 5) is 29.1. The number of sulfonamides is 1. The van der Waals surface area contributed by atoms with Crippen LogP contribution in [-0.4, -0.2) is 73.3 Å². The first-order chi connectivity index (χ1) is 21.3. The number of carbonyl (C=O) groups is 2. The molecule has 3 N–H and O–H groups in total. The van der Waals surface area contributed by atoms with Crippen molar-refractivity contribution in [3.63, 3.8) is 0 Å². The van der Waals surface area contributed by atoms with Gasteiger partial charge in [-0.05, 0) is 63.7 Å². The summed E-state index contributed by atoms with van der Waals surface area (Å²) in [5.74, 6) is -0.829. The van der Waals surface area contributed by atoms with Gasteiger partial charge in [0.15, 0.2) is 0 Å². The summed E-state index contributed by atoms with van der Waals surface area (Å²) in [6.45, 7) is 9.53. The zero-order chi connectivity index (χ0) is 33.3. The third-order valence-corrected chi connectivity index (χ3v) is 10.8. The molecule has 0 saturated heterocycles. The van der Waals surface area contributed by atoms with Crippen LogP contribution in [0.2, 0.25) is 0 Å². The first kappa shape index (κ1) is 36.4. The van der Waals surface area contributed by atoms with Gasteiger partial charge in [-0.3, -0.25) is 9.59 Å². The minimum Gasteiger partial charge on any atom is -0.374 e. The molecule has 0 bridgehead atoms. The van der Waals surface area contributed by atoms with E-state index in [0.717, 1.165) is 36.8 Å². The SMILES string of the molecule is C\C=C(/C=C\C=C/CC)C1=C(CN(CC)C(=O)[C@@H](COCc2ccccc2)NC(=O)C(C)(C)N)C2(CCCCC2)N(C)S1(=O)=O. The molecule has 9 nitrogen and oxygen atoms in total. The number of allylic oxidation sites excluding steroid dienone is 6. The summed E-state index contributed by atoms with van der Waals surface area (Å²) in [6, 6.07) is 8.58. The zero-order valence-corrected chi connectivity index (χ0v) is 28.7. The number of rotatable bonds is 14. The number of nitrogens with two attached hydrogens (primary N) is 1. The summed E-state index contributed by atoms with van der Waals surface area (Å²) in [5.41, 5.74) is 6.42. The van der Waals surface area contributed by atoms with E-state index in [1.165, 1.54) is 0 Å². The Morgan fingerprint density at radius 1 is 1.13 bits per heavy atom. The van der Waals surface area contributed by atoms with E-state index in [1.54, 1.807) is 30.1 Å². The van der Waals surface area contributed by atoms with Gasteiger partial charge in [0.1, 0.15) is 6.04 Å². The summed E-state index contributed by atoms with van der Waals surface area (Å²) >= 11 is 0. The van der Waals surface area contributed by atoms with Crippen LogP contribution in [0.4, 0.5) is 0 Å². The molecule has 1 aliphatic carbocycles. The van der Waals surface area contributed by atoms with E-state index in [0.29, 0.717) is 25.0 Å². The molecular weight excluding hydrogens is 588 g/mol. The van der Waals surface area contributed by atoms with Crippen molar-refractivity contribution < 1.29 is 22.7 Å². The average Bonchev–Trinajstić information content (AvgIpc) is 3.16. The largest absolute Gasteiger partial charge is 0.374 e. The standard InChI is InChI=1S/C35H52N4O5S/c1-7-10-11-16-21-28(8-2)31-29(35(22-17-13-18-23-35)38(6)45(31,42)43)24-39(9-3)32(40)30(37-33(41)34(4,5)36)26-44-25-27-19-14-12-15-20-27/h8,10-12,14-16,19-21,30H,7,9,13,17-18,22-26,36H2,1-6H3,(H,37,41)/b11-10-,21-16-,28-8+/t30-/m1/s1. The molecule has 1 aliphatic heterocycles. The Morgan fingerprint density at radius 3 is 2.38 bits per heavy atom. The lowest BCUT2D eigenvalue weighted by atomic mass is 9.75. The number of hydrogen-bond acceptors (Lipinski definition) is 6. The van der Waals surface area contributed by atoms with Crippen molar-refractivity contribution >= 4 is 21.8 Å². The van der Waals surface area contributed by atoms with Gasteiger partial charge in [-0.15, -0.1) is 0 Å². The van der Waals surface area contributed by atoms with Gasteiger partial charge in [0.2, 0.25) is 21.8 Å². The summed E-state index contributed by atoms with van der Waals surface area (Å²) in [5, 5.41) is 2.81. The summed E-state index contributed by atoms with van der Waals surface area (Å²) < 4.78 is 35.8. The normalized spacial score (nSPS) is 19.5. The van der Waals surface area contributed by atoms with Gasteiger partial charge in [-0.25, -0.2) is 8.42 Å². The van der Waals surface area contributed by atoms with Crippen LogP contribution >= 0.6 is 0 Å². The van der Waals surface area contributed by atoms with Crippen molar-refractivity contribution in [3.05, 3.63) is 82.3 Å². The summed E-state index contributed by atoms with van der Waals surface area (Å²) in [7, 11) is -2.17. The van der Waals surface area contributed by atoms with Crippen molar-refractivity contribution in [2.75, 3.05) is 26.7 Å². The van der Waals surface area contributed by atoms with Crippen LogP contribution in [-0.2, 0) is 31.0 Å². The number of hydrogen-bond donors (Lipinski definition) is 2. The van der Waals surface area contributed by atoms with Crippen LogP contribution in [0.5, 0.6) is 0 Å². The molecule has 1 aromatic rings. The van der Waals surface area contributed by atoms with Gasteiger partial charge in [-0.2, -0.15) is 4.31 Å². The molecule has 1 spiro atoms. The Balaban J connectivity index is 2.04. The van der Waals surface area contributed by atoms with Crippen molar-refractivity contribution in [1.29, 1.82) is 0 Å². The second-order valence-corrected chi connectivity index (χ2v) is 14.3. The number of likely N-dealkylation sites (N-methyl/N-ethyl adjacent to an activating group) is 2. The van der Waals surface area contributed by atoms with Crippen LogP contribution in [0.3, 0.4) is 0 Å². The first-order valence-corrected chi connectivity index (χ1v) is 17.5. The molecule has 1 atom stereocenters. The minimum atomic E-state index is -3.84. The van der Waals surface area contributed by atoms with Crippen LogP contribution in [0.25, 0.3) is 0 Å². The topological polar surface area (TPSA) is 122 Å². The molecule has 2 aliphatic rings. The maximum absolute atomic E-state index is 14.2. The van der Waals surface area contributed by atoms with E-state index < -0.39 is 33.1 Å². The number of benzene rings is 1. The highest BCUT2D eigenvalue weighted by atomic mass is 32.2. The monoisotopic (exact) mass is 640 g/mol. The van der Waals surface area contributed by atoms with E-state index in [4.69, 9.17) is 10.5 Å². The molecule has 248 valence electrons. The van der Waals surface area contributed by atoms with Crippen molar-refractivity contribution in [1.82, 2.24) is 14.5 Å². The maximum atomic E-state index is 14.2. The molecule has 1 aromatic carbocycles. The second-order valence-electron chi connectivity index (χ2n) is 12.4. The van der Waals surface area contributed by atoms with E-state index in [9.17, 15) is 18.0 Å². The fourth-order valence-electron chi connectivity index (χ4n) is 6.04. The molecular formula is C35H52N4O5S. The smallest absolute Gasteiger partial charge is 0.247 e. The van der Waals surface area contributed by atoms with E-state index in [2.05, 4.69) is 5.32 Å². The predicted molar refractivity (Wildman–Crippen MR) is 180 cm³/mol. The molecule has 0 radical (unpaired) electrons. The average molecular weight is 641 g/mol.